The number of carbonyl (C=O) groups excluding carboxylic acids is 3. The molecule has 1 unspecified atom stereocenters. The summed E-state index contributed by atoms with van der Waals surface area (Å²) in [5, 5.41) is 2.81. The van der Waals surface area contributed by atoms with E-state index in [4.69, 9.17) is 4.74 Å². The molecule has 3 amide bonds. The number of nitrogens with zero attached hydrogens (tertiary/aromatic N) is 2. The van der Waals surface area contributed by atoms with Crippen LogP contribution in [0.5, 0.6) is 5.75 Å². The molecule has 1 N–H and O–H groups in total. The molecule has 0 spiro atoms. The minimum absolute atomic E-state index is 0.0625. The Balaban J connectivity index is 1.47. The molecule has 2 aliphatic heterocycles. The number of rotatable bonds is 7. The van der Waals surface area contributed by atoms with Crippen LogP contribution in [0.15, 0.2) is 24.3 Å². The van der Waals surface area contributed by atoms with Gasteiger partial charge in [-0.05, 0) is 44.0 Å². The average molecular weight is 373 g/mol. The normalized spacial score (nSPS) is 19.4. The van der Waals surface area contributed by atoms with Crippen LogP contribution in [0.1, 0.15) is 32.6 Å². The molecule has 0 saturated carbocycles. The van der Waals surface area contributed by atoms with Gasteiger partial charge in [-0.2, -0.15) is 0 Å². The van der Waals surface area contributed by atoms with Crippen molar-refractivity contribution >= 4 is 23.4 Å². The van der Waals surface area contributed by atoms with Crippen LogP contribution in [-0.2, 0) is 14.4 Å². The Labute approximate surface area is 159 Å². The Morgan fingerprint density at radius 3 is 2.56 bits per heavy atom. The molecule has 1 aromatic carbocycles. The van der Waals surface area contributed by atoms with E-state index in [0.717, 1.165) is 37.4 Å². The first-order valence-corrected chi connectivity index (χ1v) is 9.67. The lowest BCUT2D eigenvalue weighted by Crippen LogP contribution is -2.36. The quantitative estimate of drug-likeness (QED) is 0.787. The van der Waals surface area contributed by atoms with Crippen molar-refractivity contribution in [2.75, 3.05) is 37.7 Å². The highest BCUT2D eigenvalue weighted by atomic mass is 16.5. The Kier molecular flexibility index (Phi) is 6.32. The zero-order valence-electron chi connectivity index (χ0n) is 15.8. The molecule has 7 nitrogen and oxygen atoms in total. The molecule has 7 heteroatoms. The van der Waals surface area contributed by atoms with E-state index in [9.17, 15) is 14.4 Å². The van der Waals surface area contributed by atoms with E-state index >= 15 is 0 Å². The van der Waals surface area contributed by atoms with E-state index in [1.165, 1.54) is 0 Å². The van der Waals surface area contributed by atoms with Crippen LogP contribution >= 0.6 is 0 Å². The number of anilines is 1. The summed E-state index contributed by atoms with van der Waals surface area (Å²) in [5.41, 5.74) is 0.767. The fourth-order valence-electron chi connectivity index (χ4n) is 3.58. The fourth-order valence-corrected chi connectivity index (χ4v) is 3.58. The largest absolute Gasteiger partial charge is 0.494 e. The SMILES string of the molecule is CCOc1ccc(N2CC(C(=O)NCCC(=O)N3CCCC3)CC2=O)cc1. The standard InChI is InChI=1S/C20H27N3O4/c1-2-27-17-7-5-16(6-8-17)23-14-15(13-19(23)25)20(26)21-10-9-18(24)22-11-3-4-12-22/h5-8,15H,2-4,9-14H2,1H3,(H,21,26). The highest BCUT2D eigenvalue weighted by Crippen LogP contribution is 2.27. The molecular weight excluding hydrogens is 346 g/mol. The van der Waals surface area contributed by atoms with Gasteiger partial charge in [0, 0.05) is 44.7 Å². The first-order valence-electron chi connectivity index (χ1n) is 9.67. The van der Waals surface area contributed by atoms with Crippen LogP contribution in [0.2, 0.25) is 0 Å². The number of hydrogen-bond acceptors (Lipinski definition) is 4. The van der Waals surface area contributed by atoms with Gasteiger partial charge in [0.25, 0.3) is 0 Å². The van der Waals surface area contributed by atoms with E-state index in [0.29, 0.717) is 26.1 Å². The van der Waals surface area contributed by atoms with Crippen molar-refractivity contribution in [2.45, 2.75) is 32.6 Å². The summed E-state index contributed by atoms with van der Waals surface area (Å²) < 4.78 is 5.41. The van der Waals surface area contributed by atoms with E-state index in [2.05, 4.69) is 5.32 Å². The maximum absolute atomic E-state index is 12.4. The second-order valence-electron chi connectivity index (χ2n) is 6.96. The van der Waals surface area contributed by atoms with Gasteiger partial charge < -0.3 is 19.9 Å². The van der Waals surface area contributed by atoms with Gasteiger partial charge in [0.15, 0.2) is 0 Å². The van der Waals surface area contributed by atoms with Gasteiger partial charge in [-0.3, -0.25) is 14.4 Å². The Bertz CT molecular complexity index is 683. The third-order valence-corrected chi connectivity index (χ3v) is 5.05. The number of ether oxygens (including phenoxy) is 1. The highest BCUT2D eigenvalue weighted by molar-refractivity contribution is 6.00. The molecule has 0 radical (unpaired) electrons. The first kappa shape index (κ1) is 19.2. The minimum atomic E-state index is -0.383. The maximum atomic E-state index is 12.4. The summed E-state index contributed by atoms with van der Waals surface area (Å²) in [6, 6.07) is 7.31. The number of hydrogen-bond donors (Lipinski definition) is 1. The molecule has 2 heterocycles. The van der Waals surface area contributed by atoms with Crippen LogP contribution in [0.25, 0.3) is 0 Å². The zero-order chi connectivity index (χ0) is 19.2. The lowest BCUT2D eigenvalue weighted by molar-refractivity contribution is -0.130. The van der Waals surface area contributed by atoms with Gasteiger partial charge in [0.2, 0.25) is 17.7 Å². The van der Waals surface area contributed by atoms with Gasteiger partial charge >= 0.3 is 0 Å². The second kappa shape index (κ2) is 8.88. The van der Waals surface area contributed by atoms with E-state index < -0.39 is 0 Å². The van der Waals surface area contributed by atoms with E-state index in [1.807, 2.05) is 36.1 Å². The summed E-state index contributed by atoms with van der Waals surface area (Å²) in [4.78, 5) is 40.2. The molecule has 0 aromatic heterocycles. The van der Waals surface area contributed by atoms with Crippen LogP contribution in [0.3, 0.4) is 0 Å². The summed E-state index contributed by atoms with van der Waals surface area (Å²) in [6.45, 7) is 4.83. The lowest BCUT2D eigenvalue weighted by Gasteiger charge is -2.18. The van der Waals surface area contributed by atoms with Crippen molar-refractivity contribution in [1.29, 1.82) is 0 Å². The van der Waals surface area contributed by atoms with Gasteiger partial charge in [0.1, 0.15) is 5.75 Å². The van der Waals surface area contributed by atoms with Crippen molar-refractivity contribution in [3.05, 3.63) is 24.3 Å². The van der Waals surface area contributed by atoms with Gasteiger partial charge in [-0.25, -0.2) is 0 Å². The Morgan fingerprint density at radius 2 is 1.89 bits per heavy atom. The predicted molar refractivity (Wildman–Crippen MR) is 102 cm³/mol. The van der Waals surface area contributed by atoms with Crippen molar-refractivity contribution in [3.8, 4) is 5.75 Å². The Hall–Kier alpha value is -2.57. The minimum Gasteiger partial charge on any atom is -0.494 e. The topological polar surface area (TPSA) is 79.0 Å². The second-order valence-corrected chi connectivity index (χ2v) is 6.96. The maximum Gasteiger partial charge on any atom is 0.227 e. The van der Waals surface area contributed by atoms with Crippen LogP contribution in [0.4, 0.5) is 5.69 Å². The molecule has 1 aromatic rings. The molecule has 27 heavy (non-hydrogen) atoms. The highest BCUT2D eigenvalue weighted by Gasteiger charge is 2.35. The zero-order valence-corrected chi connectivity index (χ0v) is 15.8. The molecule has 146 valence electrons. The molecule has 1 atom stereocenters. The summed E-state index contributed by atoms with van der Waals surface area (Å²) in [6.07, 6.45) is 2.63. The molecule has 2 aliphatic rings. The lowest BCUT2D eigenvalue weighted by atomic mass is 10.1. The Morgan fingerprint density at radius 1 is 1.19 bits per heavy atom. The summed E-state index contributed by atoms with van der Waals surface area (Å²) in [7, 11) is 0. The summed E-state index contributed by atoms with van der Waals surface area (Å²) in [5.74, 6) is 0.237. The number of nitrogens with one attached hydrogen (secondary N) is 1. The van der Waals surface area contributed by atoms with Gasteiger partial charge in [-0.1, -0.05) is 0 Å². The summed E-state index contributed by atoms with van der Waals surface area (Å²) >= 11 is 0. The smallest absolute Gasteiger partial charge is 0.227 e. The van der Waals surface area contributed by atoms with Crippen LogP contribution in [-0.4, -0.2) is 55.4 Å². The monoisotopic (exact) mass is 373 g/mol. The third kappa shape index (κ3) is 4.78. The van der Waals surface area contributed by atoms with Crippen molar-refractivity contribution in [1.82, 2.24) is 10.2 Å². The molecule has 2 fully saturated rings. The van der Waals surface area contributed by atoms with Crippen molar-refractivity contribution in [2.24, 2.45) is 5.92 Å². The van der Waals surface area contributed by atoms with Crippen LogP contribution in [0, 0.1) is 5.92 Å². The number of carbonyl (C=O) groups is 3. The third-order valence-electron chi connectivity index (χ3n) is 5.05. The molecule has 0 aliphatic carbocycles. The van der Waals surface area contributed by atoms with Crippen LogP contribution < -0.4 is 15.0 Å². The molecule has 3 rings (SSSR count). The average Bonchev–Trinajstić information content (AvgIpc) is 3.32. The first-order chi connectivity index (χ1) is 13.1. The number of benzene rings is 1. The molecule has 0 bridgehead atoms. The molecular formula is C20H27N3O4. The van der Waals surface area contributed by atoms with E-state index in [-0.39, 0.29) is 30.1 Å². The fraction of sp³-hybridized carbons (Fsp3) is 0.550. The van der Waals surface area contributed by atoms with Gasteiger partial charge in [0.05, 0.1) is 12.5 Å². The van der Waals surface area contributed by atoms with Gasteiger partial charge in [-0.15, -0.1) is 0 Å². The van der Waals surface area contributed by atoms with Crippen molar-refractivity contribution in [3.63, 3.8) is 0 Å². The predicted octanol–water partition coefficient (Wildman–Crippen LogP) is 1.57. The number of amides is 3. The van der Waals surface area contributed by atoms with E-state index in [1.54, 1.807) is 4.90 Å². The van der Waals surface area contributed by atoms with Crippen molar-refractivity contribution < 1.29 is 19.1 Å². The number of likely N-dealkylation sites (tertiary alicyclic amines) is 1. The molecule has 2 saturated heterocycles.